The van der Waals surface area contributed by atoms with E-state index in [2.05, 4.69) is 4.72 Å². The fourth-order valence-corrected chi connectivity index (χ4v) is 3.29. The van der Waals surface area contributed by atoms with Crippen LogP contribution in [0.1, 0.15) is 26.7 Å². The molecule has 1 aromatic rings. The Morgan fingerprint density at radius 1 is 1.48 bits per heavy atom. The van der Waals surface area contributed by atoms with E-state index in [9.17, 15) is 23.6 Å². The van der Waals surface area contributed by atoms with Gasteiger partial charge >= 0.3 is 0 Å². The molecule has 0 amide bonds. The molecule has 118 valence electrons. The molecule has 0 radical (unpaired) electrons. The zero-order chi connectivity index (χ0) is 16.3. The summed E-state index contributed by atoms with van der Waals surface area (Å²) >= 11 is 5.64. The van der Waals surface area contributed by atoms with Crippen LogP contribution >= 0.6 is 11.6 Å². The summed E-state index contributed by atoms with van der Waals surface area (Å²) in [6.07, 6.45) is 1.08. The van der Waals surface area contributed by atoms with E-state index in [1.807, 2.05) is 6.92 Å². The molecular weight excluding hydrogens is 320 g/mol. The second-order valence-electron chi connectivity index (χ2n) is 4.94. The average molecular weight is 337 g/mol. The van der Waals surface area contributed by atoms with E-state index < -0.39 is 31.1 Å². The number of nitrogens with one attached hydrogen (secondary N) is 1. The lowest BCUT2D eigenvalue weighted by atomic mass is 10.0. The maximum Gasteiger partial charge on any atom is 0.290 e. The summed E-state index contributed by atoms with van der Waals surface area (Å²) in [4.78, 5) is 9.63. The van der Waals surface area contributed by atoms with Crippen molar-refractivity contribution >= 4 is 27.3 Å². The zero-order valence-corrected chi connectivity index (χ0v) is 13.2. The molecule has 0 fully saturated rings. The molecule has 2 N–H and O–H groups in total. The highest BCUT2D eigenvalue weighted by molar-refractivity contribution is 7.89. The average Bonchev–Trinajstić information content (AvgIpc) is 2.36. The van der Waals surface area contributed by atoms with Crippen LogP contribution in [-0.2, 0) is 10.0 Å². The van der Waals surface area contributed by atoms with Crippen molar-refractivity contribution in [2.45, 2.75) is 37.2 Å². The summed E-state index contributed by atoms with van der Waals surface area (Å²) in [7, 11) is -4.11. The van der Waals surface area contributed by atoms with Gasteiger partial charge in [-0.3, -0.25) is 10.1 Å². The van der Waals surface area contributed by atoms with Crippen LogP contribution in [0.15, 0.2) is 23.1 Å². The summed E-state index contributed by atoms with van der Waals surface area (Å²) in [6.45, 7) is 3.12. The molecule has 0 saturated heterocycles. The van der Waals surface area contributed by atoms with Gasteiger partial charge in [-0.1, -0.05) is 24.9 Å². The maximum atomic E-state index is 12.1. The van der Waals surface area contributed by atoms with Gasteiger partial charge in [-0.05, 0) is 25.5 Å². The Morgan fingerprint density at radius 2 is 2.10 bits per heavy atom. The normalized spacial score (nSPS) is 14.7. The predicted octanol–water partition coefficient (Wildman–Crippen LogP) is 2.08. The molecule has 0 saturated carbocycles. The molecular formula is C12H17ClN2O5S. The van der Waals surface area contributed by atoms with Crippen molar-refractivity contribution in [1.29, 1.82) is 0 Å². The third-order valence-electron chi connectivity index (χ3n) is 2.84. The largest absolute Gasteiger partial charge is 0.389 e. The predicted molar refractivity (Wildman–Crippen MR) is 78.8 cm³/mol. The van der Waals surface area contributed by atoms with Crippen LogP contribution in [0.3, 0.4) is 0 Å². The number of nitro benzene ring substituents is 1. The lowest BCUT2D eigenvalue weighted by Gasteiger charge is -2.22. The van der Waals surface area contributed by atoms with E-state index in [-0.39, 0.29) is 11.6 Å². The van der Waals surface area contributed by atoms with Crippen molar-refractivity contribution in [3.05, 3.63) is 33.3 Å². The second-order valence-corrected chi connectivity index (χ2v) is 7.11. The lowest BCUT2D eigenvalue weighted by Crippen LogP contribution is -2.40. The molecule has 1 rings (SSSR count). The molecule has 0 spiro atoms. The third-order valence-corrected chi connectivity index (χ3v) is 4.52. The molecule has 0 heterocycles. The molecule has 0 aliphatic carbocycles. The molecule has 1 unspecified atom stereocenters. The first-order valence-corrected chi connectivity index (χ1v) is 8.11. The van der Waals surface area contributed by atoms with Gasteiger partial charge in [0.05, 0.1) is 10.5 Å². The minimum Gasteiger partial charge on any atom is -0.389 e. The fourth-order valence-electron chi connectivity index (χ4n) is 1.82. The van der Waals surface area contributed by atoms with E-state index in [0.717, 1.165) is 12.1 Å². The Morgan fingerprint density at radius 3 is 2.62 bits per heavy atom. The number of hydrogen-bond acceptors (Lipinski definition) is 5. The number of rotatable bonds is 7. The van der Waals surface area contributed by atoms with Gasteiger partial charge in [-0.2, -0.15) is 0 Å². The van der Waals surface area contributed by atoms with Gasteiger partial charge in [0.1, 0.15) is 0 Å². The molecule has 0 aliphatic heterocycles. The second kappa shape index (κ2) is 6.69. The van der Waals surface area contributed by atoms with Crippen LogP contribution in [0.4, 0.5) is 5.69 Å². The number of hydrogen-bond donors (Lipinski definition) is 2. The number of nitro groups is 1. The van der Waals surface area contributed by atoms with Crippen LogP contribution < -0.4 is 4.72 Å². The maximum absolute atomic E-state index is 12.1. The van der Waals surface area contributed by atoms with Gasteiger partial charge in [0.2, 0.25) is 10.0 Å². The van der Waals surface area contributed by atoms with E-state index in [4.69, 9.17) is 11.6 Å². The van der Waals surface area contributed by atoms with Gasteiger partial charge in [0.15, 0.2) is 4.90 Å². The minimum atomic E-state index is -4.11. The summed E-state index contributed by atoms with van der Waals surface area (Å²) in [5.41, 5.74) is -1.83. The van der Waals surface area contributed by atoms with Gasteiger partial charge in [0.25, 0.3) is 5.69 Å². The topological polar surface area (TPSA) is 110 Å². The Kier molecular flexibility index (Phi) is 5.68. The van der Waals surface area contributed by atoms with Gasteiger partial charge < -0.3 is 5.11 Å². The first-order chi connectivity index (χ1) is 9.59. The number of aliphatic hydroxyl groups is 1. The minimum absolute atomic E-state index is 0.0682. The highest BCUT2D eigenvalue weighted by Crippen LogP contribution is 2.27. The monoisotopic (exact) mass is 336 g/mol. The van der Waals surface area contributed by atoms with E-state index in [1.165, 1.54) is 13.0 Å². The standard InChI is InChI=1S/C12H17ClN2O5S/c1-3-6-12(2,16)8-14-21(19,20)11-5-4-9(13)7-10(11)15(17)18/h4-5,7,14,16H,3,6,8H2,1-2H3. The molecule has 0 aliphatic rings. The Hall–Kier alpha value is -1.22. The van der Waals surface area contributed by atoms with E-state index in [1.54, 1.807) is 0 Å². The van der Waals surface area contributed by atoms with Gasteiger partial charge in [-0.25, -0.2) is 13.1 Å². The Bertz CT molecular complexity index is 631. The molecule has 1 aromatic carbocycles. The summed E-state index contributed by atoms with van der Waals surface area (Å²) in [5.74, 6) is 0. The van der Waals surface area contributed by atoms with Crippen molar-refractivity contribution < 1.29 is 18.4 Å². The molecule has 0 bridgehead atoms. The first-order valence-electron chi connectivity index (χ1n) is 6.25. The van der Waals surface area contributed by atoms with Crippen molar-refractivity contribution in [2.75, 3.05) is 6.54 Å². The van der Waals surface area contributed by atoms with Gasteiger partial charge in [-0.15, -0.1) is 0 Å². The smallest absolute Gasteiger partial charge is 0.290 e. The highest BCUT2D eigenvalue weighted by Gasteiger charge is 2.28. The number of benzene rings is 1. The number of nitrogens with zero attached hydrogens (tertiary/aromatic N) is 1. The third kappa shape index (κ3) is 4.92. The van der Waals surface area contributed by atoms with Crippen molar-refractivity contribution in [2.24, 2.45) is 0 Å². The molecule has 1 atom stereocenters. The quantitative estimate of drug-likeness (QED) is 0.585. The zero-order valence-electron chi connectivity index (χ0n) is 11.7. The summed E-state index contributed by atoms with van der Waals surface area (Å²) in [6, 6.07) is 3.30. The molecule has 7 nitrogen and oxygen atoms in total. The number of sulfonamides is 1. The summed E-state index contributed by atoms with van der Waals surface area (Å²) < 4.78 is 26.5. The summed E-state index contributed by atoms with van der Waals surface area (Å²) in [5, 5.41) is 21.0. The van der Waals surface area contributed by atoms with Crippen LogP contribution in [0.5, 0.6) is 0 Å². The van der Waals surface area contributed by atoms with Crippen LogP contribution in [0.2, 0.25) is 5.02 Å². The van der Waals surface area contributed by atoms with Crippen LogP contribution in [0.25, 0.3) is 0 Å². The Labute approximate surface area is 128 Å². The Balaban J connectivity index is 3.07. The highest BCUT2D eigenvalue weighted by atomic mass is 35.5. The van der Waals surface area contributed by atoms with Gasteiger partial charge in [0, 0.05) is 17.6 Å². The molecule has 0 aromatic heterocycles. The SMILES string of the molecule is CCCC(C)(O)CNS(=O)(=O)c1ccc(Cl)cc1[N+](=O)[O-]. The first kappa shape index (κ1) is 17.8. The lowest BCUT2D eigenvalue weighted by molar-refractivity contribution is -0.387. The van der Waals surface area contributed by atoms with Crippen molar-refractivity contribution in [3.8, 4) is 0 Å². The van der Waals surface area contributed by atoms with Crippen molar-refractivity contribution in [3.63, 3.8) is 0 Å². The number of halogens is 1. The van der Waals surface area contributed by atoms with E-state index in [0.29, 0.717) is 12.8 Å². The van der Waals surface area contributed by atoms with Crippen molar-refractivity contribution in [1.82, 2.24) is 4.72 Å². The van der Waals surface area contributed by atoms with Crippen LogP contribution in [-0.4, -0.2) is 30.6 Å². The van der Waals surface area contributed by atoms with E-state index >= 15 is 0 Å². The molecule has 9 heteroatoms. The fraction of sp³-hybridized carbons (Fsp3) is 0.500. The van der Waals surface area contributed by atoms with Crippen LogP contribution in [0, 0.1) is 10.1 Å². The molecule has 21 heavy (non-hydrogen) atoms.